The summed E-state index contributed by atoms with van der Waals surface area (Å²) in [5.41, 5.74) is 0.694. The Morgan fingerprint density at radius 1 is 0.971 bits per heavy atom. The highest BCUT2D eigenvalue weighted by atomic mass is 32.2. The van der Waals surface area contributed by atoms with Crippen molar-refractivity contribution in [2.45, 2.75) is 4.90 Å². The maximum Gasteiger partial charge on any atom is 0.299 e. The van der Waals surface area contributed by atoms with Gasteiger partial charge in [-0.15, -0.1) is 5.11 Å². The van der Waals surface area contributed by atoms with Gasteiger partial charge < -0.3 is 4.74 Å². The second-order valence-corrected chi connectivity index (χ2v) is 8.57. The summed E-state index contributed by atoms with van der Waals surface area (Å²) in [7, 11) is -2.85. The van der Waals surface area contributed by atoms with E-state index >= 15 is 0 Å². The molecule has 0 unspecified atom stereocenters. The number of nitro benzene ring substituents is 1. The smallest absolute Gasteiger partial charge is 0.299 e. The maximum absolute atomic E-state index is 13.2. The lowest BCUT2D eigenvalue weighted by Gasteiger charge is -2.04. The highest BCUT2D eigenvalue weighted by molar-refractivity contribution is 7.85. The van der Waals surface area contributed by atoms with Gasteiger partial charge in [0.15, 0.2) is 5.69 Å². The fourth-order valence-electron chi connectivity index (χ4n) is 3.18. The van der Waals surface area contributed by atoms with Gasteiger partial charge in [-0.2, -0.15) is 13.5 Å². The van der Waals surface area contributed by atoms with E-state index in [2.05, 4.69) is 15.3 Å². The molecule has 0 saturated heterocycles. The van der Waals surface area contributed by atoms with E-state index in [1.54, 1.807) is 24.3 Å². The molecule has 0 aliphatic heterocycles. The van der Waals surface area contributed by atoms with E-state index in [1.165, 1.54) is 48.2 Å². The SMILES string of the molecule is COc1ccc(-n2[nH]c(-c3ccc([N+](=O)[O-])cc3)c(N=Nc3ccc(S(=O)(=O)O)cc3)c2=O)cc1. The van der Waals surface area contributed by atoms with Crippen LogP contribution in [0.15, 0.2) is 92.7 Å². The number of azo groups is 1. The third-order valence-corrected chi connectivity index (χ3v) is 5.83. The molecule has 0 radical (unpaired) electrons. The van der Waals surface area contributed by atoms with Crippen LogP contribution in [0.4, 0.5) is 17.1 Å². The first-order valence-corrected chi connectivity index (χ1v) is 11.3. The van der Waals surface area contributed by atoms with Gasteiger partial charge in [0.1, 0.15) is 5.75 Å². The number of benzene rings is 3. The molecule has 0 saturated carbocycles. The Morgan fingerprint density at radius 3 is 2.14 bits per heavy atom. The van der Waals surface area contributed by atoms with Crippen LogP contribution in [0.25, 0.3) is 16.9 Å². The number of ether oxygens (including phenoxy) is 1. The molecule has 0 aliphatic carbocycles. The molecular formula is C22H17N5O7S. The number of hydrogen-bond acceptors (Lipinski definition) is 8. The Bertz CT molecular complexity index is 1570. The zero-order chi connectivity index (χ0) is 25.2. The van der Waals surface area contributed by atoms with Crippen molar-refractivity contribution in [3.8, 4) is 22.7 Å². The van der Waals surface area contributed by atoms with Crippen LogP contribution < -0.4 is 10.3 Å². The highest BCUT2D eigenvalue weighted by Gasteiger charge is 2.18. The average molecular weight is 495 g/mol. The summed E-state index contributed by atoms with van der Waals surface area (Å²) in [5.74, 6) is 0.595. The van der Waals surface area contributed by atoms with Crippen LogP contribution in [-0.2, 0) is 10.1 Å². The van der Waals surface area contributed by atoms with E-state index in [4.69, 9.17) is 9.29 Å². The Morgan fingerprint density at radius 2 is 1.60 bits per heavy atom. The highest BCUT2D eigenvalue weighted by Crippen LogP contribution is 2.30. The second kappa shape index (κ2) is 9.32. The van der Waals surface area contributed by atoms with Gasteiger partial charge in [0.25, 0.3) is 21.4 Å². The van der Waals surface area contributed by atoms with Gasteiger partial charge in [-0.05, 0) is 60.7 Å². The number of nitro groups is 1. The third kappa shape index (κ3) is 5.00. The van der Waals surface area contributed by atoms with Gasteiger partial charge in [0.2, 0.25) is 0 Å². The fourth-order valence-corrected chi connectivity index (χ4v) is 3.66. The van der Waals surface area contributed by atoms with Crippen LogP contribution in [0.2, 0.25) is 0 Å². The monoisotopic (exact) mass is 495 g/mol. The summed E-state index contributed by atoms with van der Waals surface area (Å²) in [6, 6.07) is 17.1. The maximum atomic E-state index is 13.2. The quantitative estimate of drug-likeness (QED) is 0.165. The predicted molar refractivity (Wildman–Crippen MR) is 125 cm³/mol. The molecule has 1 heterocycles. The fraction of sp³-hybridized carbons (Fsp3) is 0.0455. The van der Waals surface area contributed by atoms with Gasteiger partial charge in [0, 0.05) is 17.7 Å². The summed E-state index contributed by atoms with van der Waals surface area (Å²) >= 11 is 0. The molecule has 35 heavy (non-hydrogen) atoms. The van der Waals surface area contributed by atoms with E-state index in [-0.39, 0.29) is 27.7 Å². The number of aromatic nitrogens is 2. The molecule has 0 fully saturated rings. The summed E-state index contributed by atoms with van der Waals surface area (Å²) in [4.78, 5) is 23.4. The van der Waals surface area contributed by atoms with Crippen molar-refractivity contribution in [1.29, 1.82) is 0 Å². The first kappa shape index (κ1) is 23.5. The van der Waals surface area contributed by atoms with Crippen LogP contribution in [0.3, 0.4) is 0 Å². The lowest BCUT2D eigenvalue weighted by molar-refractivity contribution is -0.384. The van der Waals surface area contributed by atoms with Crippen molar-refractivity contribution in [1.82, 2.24) is 9.78 Å². The van der Waals surface area contributed by atoms with Crippen molar-refractivity contribution < 1.29 is 22.6 Å². The molecular weight excluding hydrogens is 478 g/mol. The lowest BCUT2D eigenvalue weighted by Crippen LogP contribution is -2.13. The molecule has 0 bridgehead atoms. The molecule has 13 heteroatoms. The summed E-state index contributed by atoms with van der Waals surface area (Å²) in [6.07, 6.45) is 0. The van der Waals surface area contributed by atoms with Crippen molar-refractivity contribution >= 4 is 27.2 Å². The Balaban J connectivity index is 1.80. The molecule has 0 spiro atoms. The number of nitrogens with zero attached hydrogens (tertiary/aromatic N) is 4. The molecule has 3 aromatic carbocycles. The summed E-state index contributed by atoms with van der Waals surface area (Å²) < 4.78 is 37.9. The molecule has 12 nitrogen and oxygen atoms in total. The van der Waals surface area contributed by atoms with E-state index in [1.807, 2.05) is 0 Å². The van der Waals surface area contributed by atoms with Crippen LogP contribution in [0.1, 0.15) is 0 Å². The molecule has 4 rings (SSSR count). The topological polar surface area (TPSA) is 169 Å². The minimum Gasteiger partial charge on any atom is -0.497 e. The normalized spacial score (nSPS) is 11.6. The van der Waals surface area contributed by atoms with Crippen molar-refractivity contribution in [3.63, 3.8) is 0 Å². The number of methoxy groups -OCH3 is 1. The number of aromatic amines is 1. The van der Waals surface area contributed by atoms with E-state index in [9.17, 15) is 23.3 Å². The Hall–Kier alpha value is -4.62. The van der Waals surface area contributed by atoms with Crippen LogP contribution in [0.5, 0.6) is 5.75 Å². The molecule has 0 atom stereocenters. The third-order valence-electron chi connectivity index (χ3n) is 4.96. The molecule has 4 aromatic rings. The Labute approximate surface area is 198 Å². The van der Waals surface area contributed by atoms with Crippen molar-refractivity contribution in [2.24, 2.45) is 10.2 Å². The van der Waals surface area contributed by atoms with Crippen LogP contribution >= 0.6 is 0 Å². The first-order chi connectivity index (χ1) is 16.7. The summed E-state index contributed by atoms with van der Waals surface area (Å²) in [5, 5.41) is 22.0. The molecule has 0 aliphatic rings. The standard InChI is InChI=1S/C22H17N5O7S/c1-34-18-10-8-16(9-11-18)26-22(28)21(20(25-26)14-2-6-17(7-3-14)27(29)30)24-23-15-4-12-19(13-5-15)35(31,32)33/h2-13,25H,1H3,(H,31,32,33). The second-order valence-electron chi connectivity index (χ2n) is 7.15. The van der Waals surface area contributed by atoms with Gasteiger partial charge in [-0.1, -0.05) is 0 Å². The molecule has 0 amide bonds. The number of nitrogens with one attached hydrogen (secondary N) is 1. The minimum atomic E-state index is -4.37. The zero-order valence-corrected chi connectivity index (χ0v) is 18.8. The zero-order valence-electron chi connectivity index (χ0n) is 18.0. The van der Waals surface area contributed by atoms with Crippen molar-refractivity contribution in [3.05, 3.63) is 93.3 Å². The van der Waals surface area contributed by atoms with E-state index in [0.717, 1.165) is 12.1 Å². The first-order valence-electron chi connectivity index (χ1n) is 9.91. The van der Waals surface area contributed by atoms with Crippen LogP contribution in [0, 0.1) is 10.1 Å². The summed E-state index contributed by atoms with van der Waals surface area (Å²) in [6.45, 7) is 0. The van der Waals surface area contributed by atoms with E-state index in [0.29, 0.717) is 17.0 Å². The average Bonchev–Trinajstić information content (AvgIpc) is 3.18. The number of non-ortho nitro benzene ring substituents is 1. The van der Waals surface area contributed by atoms with Crippen molar-refractivity contribution in [2.75, 3.05) is 7.11 Å². The van der Waals surface area contributed by atoms with Gasteiger partial charge >= 0.3 is 0 Å². The Kier molecular flexibility index (Phi) is 6.27. The number of rotatable bonds is 7. The molecule has 1 aromatic heterocycles. The van der Waals surface area contributed by atoms with E-state index < -0.39 is 20.6 Å². The molecule has 178 valence electrons. The lowest BCUT2D eigenvalue weighted by atomic mass is 10.1. The predicted octanol–water partition coefficient (Wildman–Crippen LogP) is 4.41. The molecule has 2 N–H and O–H groups in total. The van der Waals surface area contributed by atoms with Crippen LogP contribution in [-0.4, -0.2) is 34.8 Å². The number of H-pyrrole nitrogens is 1. The number of hydrogen-bond donors (Lipinski definition) is 2. The van der Waals surface area contributed by atoms with Gasteiger partial charge in [-0.25, -0.2) is 4.68 Å². The van der Waals surface area contributed by atoms with Gasteiger partial charge in [0.05, 0.1) is 34.0 Å². The largest absolute Gasteiger partial charge is 0.497 e. The van der Waals surface area contributed by atoms with Gasteiger partial charge in [-0.3, -0.25) is 24.6 Å². The minimum absolute atomic E-state index is 0.0754.